The van der Waals surface area contributed by atoms with Crippen molar-refractivity contribution in [1.29, 1.82) is 5.26 Å². The van der Waals surface area contributed by atoms with Gasteiger partial charge in [-0.2, -0.15) is 18.4 Å². The molecule has 1 rings (SSSR count). The van der Waals surface area contributed by atoms with Crippen molar-refractivity contribution in [2.75, 3.05) is 6.61 Å². The summed E-state index contributed by atoms with van der Waals surface area (Å²) in [4.78, 5) is 0. The van der Waals surface area contributed by atoms with Gasteiger partial charge in [-0.05, 0) is 18.2 Å². The molecule has 80 valence electrons. The molecule has 1 aromatic carbocycles. The van der Waals surface area contributed by atoms with E-state index >= 15 is 0 Å². The predicted molar refractivity (Wildman–Crippen MR) is 47.7 cm³/mol. The highest BCUT2D eigenvalue weighted by Crippen LogP contribution is 2.24. The zero-order valence-electron chi connectivity index (χ0n) is 7.31. The van der Waals surface area contributed by atoms with E-state index in [1.807, 2.05) is 0 Å². The van der Waals surface area contributed by atoms with Crippen molar-refractivity contribution in [3.05, 3.63) is 28.8 Å². The average molecular weight is 236 g/mol. The lowest BCUT2D eigenvalue weighted by atomic mass is 10.2. The molecule has 0 aliphatic heterocycles. The molecule has 0 spiro atoms. The lowest BCUT2D eigenvalue weighted by molar-refractivity contribution is -0.153. The van der Waals surface area contributed by atoms with Crippen molar-refractivity contribution >= 4 is 11.6 Å². The summed E-state index contributed by atoms with van der Waals surface area (Å²) in [5.41, 5.74) is -0.0215. The molecule has 0 N–H and O–H groups in total. The number of nitrogens with zero attached hydrogens (tertiary/aromatic N) is 1. The first-order valence-corrected chi connectivity index (χ1v) is 4.19. The first-order valence-electron chi connectivity index (χ1n) is 3.81. The van der Waals surface area contributed by atoms with Gasteiger partial charge in [-0.1, -0.05) is 11.6 Å². The molecule has 15 heavy (non-hydrogen) atoms. The van der Waals surface area contributed by atoms with E-state index in [1.165, 1.54) is 18.2 Å². The fourth-order valence-corrected chi connectivity index (χ4v) is 1.05. The molecule has 0 aromatic heterocycles. The van der Waals surface area contributed by atoms with Crippen LogP contribution in [0.15, 0.2) is 18.2 Å². The van der Waals surface area contributed by atoms with Crippen molar-refractivity contribution in [2.24, 2.45) is 0 Å². The molecule has 6 heteroatoms. The zero-order chi connectivity index (χ0) is 11.5. The van der Waals surface area contributed by atoms with Crippen molar-refractivity contribution in [1.82, 2.24) is 0 Å². The van der Waals surface area contributed by atoms with E-state index in [0.29, 0.717) is 0 Å². The van der Waals surface area contributed by atoms with Crippen LogP contribution in [-0.4, -0.2) is 12.8 Å². The third-order valence-corrected chi connectivity index (χ3v) is 1.69. The fraction of sp³-hybridized carbons (Fsp3) is 0.222. The van der Waals surface area contributed by atoms with Crippen molar-refractivity contribution in [3.63, 3.8) is 0 Å². The number of halogens is 4. The number of alkyl halides is 3. The van der Waals surface area contributed by atoms with Gasteiger partial charge in [-0.3, -0.25) is 0 Å². The molecule has 0 radical (unpaired) electrons. The van der Waals surface area contributed by atoms with Crippen LogP contribution in [0.1, 0.15) is 5.56 Å². The van der Waals surface area contributed by atoms with Crippen molar-refractivity contribution < 1.29 is 17.9 Å². The molecule has 0 heterocycles. The van der Waals surface area contributed by atoms with E-state index in [-0.39, 0.29) is 16.3 Å². The largest absolute Gasteiger partial charge is 0.483 e. The van der Waals surface area contributed by atoms with Gasteiger partial charge in [0.15, 0.2) is 6.61 Å². The summed E-state index contributed by atoms with van der Waals surface area (Å²) in [7, 11) is 0. The Morgan fingerprint density at radius 1 is 1.40 bits per heavy atom. The molecular formula is C9H5ClF3NO. The van der Waals surface area contributed by atoms with Gasteiger partial charge in [-0.25, -0.2) is 0 Å². The second-order valence-corrected chi connectivity index (χ2v) is 3.09. The minimum atomic E-state index is -4.42. The van der Waals surface area contributed by atoms with Crippen molar-refractivity contribution in [2.45, 2.75) is 6.18 Å². The van der Waals surface area contributed by atoms with E-state index in [0.717, 1.165) is 0 Å². The van der Waals surface area contributed by atoms with Gasteiger partial charge in [0.1, 0.15) is 11.8 Å². The third kappa shape index (κ3) is 3.68. The van der Waals surface area contributed by atoms with E-state index in [2.05, 4.69) is 4.74 Å². The number of benzene rings is 1. The minimum Gasteiger partial charge on any atom is -0.483 e. The molecule has 1 aromatic rings. The molecule has 0 atom stereocenters. The Bertz CT molecular complexity index is 397. The summed E-state index contributed by atoms with van der Waals surface area (Å²) < 4.78 is 39.9. The Morgan fingerprint density at radius 2 is 2.07 bits per heavy atom. The summed E-state index contributed by atoms with van der Waals surface area (Å²) in [6.45, 7) is -1.43. The number of hydrogen-bond donors (Lipinski definition) is 0. The first kappa shape index (κ1) is 11.7. The fourth-order valence-electron chi connectivity index (χ4n) is 0.875. The third-order valence-electron chi connectivity index (χ3n) is 1.45. The van der Waals surface area contributed by atoms with Gasteiger partial charge < -0.3 is 4.74 Å². The SMILES string of the molecule is N#Cc1cc(Cl)ccc1OCC(F)(F)F. The molecule has 0 fully saturated rings. The van der Waals surface area contributed by atoms with Gasteiger partial charge >= 0.3 is 6.18 Å². The molecule has 0 aliphatic rings. The lowest BCUT2D eigenvalue weighted by Gasteiger charge is -2.10. The van der Waals surface area contributed by atoms with Crippen LogP contribution in [0, 0.1) is 11.3 Å². The van der Waals surface area contributed by atoms with Crippen LogP contribution in [0.2, 0.25) is 5.02 Å². The number of nitriles is 1. The van der Waals surface area contributed by atoms with Gasteiger partial charge in [0.25, 0.3) is 0 Å². The van der Waals surface area contributed by atoms with E-state index in [9.17, 15) is 13.2 Å². The maximum Gasteiger partial charge on any atom is 0.422 e. The monoisotopic (exact) mass is 235 g/mol. The van der Waals surface area contributed by atoms with Crippen LogP contribution < -0.4 is 4.74 Å². The molecule has 0 amide bonds. The summed E-state index contributed by atoms with van der Waals surface area (Å²) in [5, 5.41) is 8.87. The van der Waals surface area contributed by atoms with Crippen LogP contribution >= 0.6 is 11.6 Å². The van der Waals surface area contributed by atoms with Gasteiger partial charge in [-0.15, -0.1) is 0 Å². The first-order chi connectivity index (χ1) is 6.92. The molecule has 0 saturated carbocycles. The van der Waals surface area contributed by atoms with Gasteiger partial charge in [0.05, 0.1) is 5.56 Å². The van der Waals surface area contributed by atoms with Crippen molar-refractivity contribution in [3.8, 4) is 11.8 Å². The molecule has 0 aliphatic carbocycles. The maximum atomic E-state index is 11.8. The highest BCUT2D eigenvalue weighted by atomic mass is 35.5. The molecular weight excluding hydrogens is 231 g/mol. The predicted octanol–water partition coefficient (Wildman–Crippen LogP) is 3.15. The average Bonchev–Trinajstić information content (AvgIpc) is 2.14. The lowest BCUT2D eigenvalue weighted by Crippen LogP contribution is -2.19. The van der Waals surface area contributed by atoms with Crippen LogP contribution in [0.25, 0.3) is 0 Å². The smallest absolute Gasteiger partial charge is 0.422 e. The summed E-state index contributed by atoms with van der Waals surface area (Å²) >= 11 is 5.56. The van der Waals surface area contributed by atoms with E-state index in [4.69, 9.17) is 16.9 Å². The van der Waals surface area contributed by atoms with E-state index < -0.39 is 12.8 Å². The van der Waals surface area contributed by atoms with Crippen LogP contribution in [0.5, 0.6) is 5.75 Å². The second-order valence-electron chi connectivity index (χ2n) is 2.66. The molecule has 0 unspecified atom stereocenters. The molecule has 2 nitrogen and oxygen atoms in total. The van der Waals surface area contributed by atoms with Crippen LogP contribution in [0.3, 0.4) is 0 Å². The Balaban J connectivity index is 2.82. The van der Waals surface area contributed by atoms with Gasteiger partial charge in [0, 0.05) is 5.02 Å². The van der Waals surface area contributed by atoms with E-state index in [1.54, 1.807) is 6.07 Å². The Morgan fingerprint density at radius 3 is 2.60 bits per heavy atom. The normalized spacial score (nSPS) is 10.9. The topological polar surface area (TPSA) is 33.0 Å². The molecule has 0 saturated heterocycles. The zero-order valence-corrected chi connectivity index (χ0v) is 8.06. The highest BCUT2D eigenvalue weighted by Gasteiger charge is 2.28. The quantitative estimate of drug-likeness (QED) is 0.789. The summed E-state index contributed by atoms with van der Waals surface area (Å²) in [6.07, 6.45) is -4.42. The number of ether oxygens (including phenoxy) is 1. The summed E-state index contributed by atoms with van der Waals surface area (Å²) in [6, 6.07) is 5.52. The van der Waals surface area contributed by atoms with Crippen LogP contribution in [0.4, 0.5) is 13.2 Å². The standard InChI is InChI=1S/C9H5ClF3NO/c10-7-1-2-8(6(3-7)4-14)15-5-9(11,12)13/h1-3H,5H2. The Labute approximate surface area is 88.8 Å². The molecule has 0 bridgehead atoms. The highest BCUT2D eigenvalue weighted by molar-refractivity contribution is 6.30. The minimum absolute atomic E-state index is 0.0215. The second kappa shape index (κ2) is 4.41. The van der Waals surface area contributed by atoms with Gasteiger partial charge in [0.2, 0.25) is 0 Å². The Kier molecular flexibility index (Phi) is 3.43. The number of hydrogen-bond acceptors (Lipinski definition) is 2. The Hall–Kier alpha value is -1.41. The maximum absolute atomic E-state index is 11.8. The summed E-state index contributed by atoms with van der Waals surface area (Å²) in [5.74, 6) is -0.126. The number of rotatable bonds is 2. The van der Waals surface area contributed by atoms with Crippen LogP contribution in [-0.2, 0) is 0 Å².